The number of ether oxygens (including phenoxy) is 2. The Morgan fingerprint density at radius 3 is 2.83 bits per heavy atom. The van der Waals surface area contributed by atoms with Crippen molar-refractivity contribution in [1.82, 2.24) is 10.2 Å². The summed E-state index contributed by atoms with van der Waals surface area (Å²) in [7, 11) is 0. The van der Waals surface area contributed by atoms with Crippen molar-refractivity contribution in [2.45, 2.75) is 64.4 Å². The molecule has 0 aromatic heterocycles. The zero-order valence-corrected chi connectivity index (χ0v) is 18.2. The number of hydrogen-bond acceptors (Lipinski definition) is 4. The van der Waals surface area contributed by atoms with Gasteiger partial charge in [0.1, 0.15) is 17.4 Å². The molecule has 2 amide bonds. The first-order valence-electron chi connectivity index (χ1n) is 10.4. The van der Waals surface area contributed by atoms with Crippen LogP contribution in [0.2, 0.25) is 5.02 Å². The van der Waals surface area contributed by atoms with E-state index in [4.69, 9.17) is 21.1 Å². The van der Waals surface area contributed by atoms with E-state index < -0.39 is 6.04 Å². The second-order valence-electron chi connectivity index (χ2n) is 9.08. The molecule has 2 fully saturated rings. The minimum absolute atomic E-state index is 0.0305. The van der Waals surface area contributed by atoms with E-state index in [1.807, 2.05) is 23.1 Å². The quantitative estimate of drug-likeness (QED) is 0.796. The van der Waals surface area contributed by atoms with E-state index in [-0.39, 0.29) is 41.5 Å². The van der Waals surface area contributed by atoms with Crippen molar-refractivity contribution in [1.29, 1.82) is 0 Å². The lowest BCUT2D eigenvalue weighted by atomic mass is 9.70. The summed E-state index contributed by atoms with van der Waals surface area (Å²) in [6, 6.07) is 5.22. The van der Waals surface area contributed by atoms with Gasteiger partial charge in [-0.15, -0.1) is 0 Å². The van der Waals surface area contributed by atoms with Gasteiger partial charge in [0.25, 0.3) is 0 Å². The fraction of sp³-hybridized carbons (Fsp3) is 0.636. The van der Waals surface area contributed by atoms with Crippen LogP contribution in [0.4, 0.5) is 0 Å². The molecule has 0 spiro atoms. The molecule has 158 valence electrons. The van der Waals surface area contributed by atoms with E-state index >= 15 is 0 Å². The van der Waals surface area contributed by atoms with Crippen molar-refractivity contribution in [2.24, 2.45) is 11.8 Å². The average Bonchev–Trinajstić information content (AvgIpc) is 2.66. The third kappa shape index (κ3) is 3.84. The molecule has 6 nitrogen and oxygen atoms in total. The number of amides is 2. The van der Waals surface area contributed by atoms with Gasteiger partial charge in [-0.1, -0.05) is 11.6 Å². The van der Waals surface area contributed by atoms with Gasteiger partial charge in [0.2, 0.25) is 11.8 Å². The summed E-state index contributed by atoms with van der Waals surface area (Å²) in [5.41, 5.74) is 0.657. The lowest BCUT2D eigenvalue weighted by Crippen LogP contribution is -2.57. The second kappa shape index (κ2) is 7.47. The van der Waals surface area contributed by atoms with E-state index in [0.29, 0.717) is 18.1 Å². The summed E-state index contributed by atoms with van der Waals surface area (Å²) >= 11 is 6.25. The third-order valence-electron chi connectivity index (χ3n) is 6.55. The number of halogens is 1. The normalized spacial score (nSPS) is 30.9. The zero-order valence-electron chi connectivity index (χ0n) is 17.4. The van der Waals surface area contributed by atoms with Crippen molar-refractivity contribution in [3.63, 3.8) is 0 Å². The van der Waals surface area contributed by atoms with Crippen LogP contribution < -0.4 is 10.1 Å². The molecule has 5 atom stereocenters. The lowest BCUT2D eigenvalue weighted by molar-refractivity contribution is -0.189. The predicted octanol–water partition coefficient (Wildman–Crippen LogP) is 3.33. The topological polar surface area (TPSA) is 67.9 Å². The molecule has 3 aliphatic heterocycles. The highest BCUT2D eigenvalue weighted by molar-refractivity contribution is 6.30. The first-order chi connectivity index (χ1) is 13.7. The van der Waals surface area contributed by atoms with Crippen LogP contribution in [0.5, 0.6) is 5.75 Å². The van der Waals surface area contributed by atoms with Crippen molar-refractivity contribution in [2.75, 3.05) is 13.1 Å². The zero-order chi connectivity index (χ0) is 20.9. The molecule has 0 bridgehead atoms. The molecular weight excluding hydrogens is 392 g/mol. The highest BCUT2D eigenvalue weighted by Gasteiger charge is 2.51. The Balaban J connectivity index is 1.53. The van der Waals surface area contributed by atoms with Crippen LogP contribution in [-0.2, 0) is 14.3 Å². The number of hydrogen-bond donors (Lipinski definition) is 1. The molecule has 29 heavy (non-hydrogen) atoms. The van der Waals surface area contributed by atoms with E-state index in [1.54, 1.807) is 6.92 Å². The van der Waals surface area contributed by atoms with Gasteiger partial charge in [0.05, 0.1) is 12.2 Å². The Morgan fingerprint density at radius 2 is 2.10 bits per heavy atom. The number of nitrogens with zero attached hydrogens (tertiary/aromatic N) is 1. The van der Waals surface area contributed by atoms with Gasteiger partial charge in [-0.05, 0) is 51.8 Å². The number of benzene rings is 1. The smallest absolute Gasteiger partial charge is 0.244 e. The molecule has 1 aromatic rings. The summed E-state index contributed by atoms with van der Waals surface area (Å²) < 4.78 is 12.9. The molecule has 4 rings (SSSR count). The number of carbonyl (C=O) groups excluding carboxylic acids is 2. The Bertz CT molecular complexity index is 827. The van der Waals surface area contributed by atoms with Gasteiger partial charge in [-0.25, -0.2) is 0 Å². The summed E-state index contributed by atoms with van der Waals surface area (Å²) in [4.78, 5) is 25.9. The number of likely N-dealkylation sites (tertiary alicyclic amines) is 1. The molecule has 3 heterocycles. The fourth-order valence-corrected chi connectivity index (χ4v) is 5.30. The number of piperidine rings is 1. The lowest BCUT2D eigenvalue weighted by Gasteiger charge is -2.53. The number of rotatable bonds is 2. The van der Waals surface area contributed by atoms with E-state index in [1.165, 1.54) is 6.92 Å². The summed E-state index contributed by atoms with van der Waals surface area (Å²) in [5.74, 6) is 1.05. The van der Waals surface area contributed by atoms with Gasteiger partial charge < -0.3 is 19.7 Å². The second-order valence-corrected chi connectivity index (χ2v) is 9.52. The first kappa shape index (κ1) is 20.5. The van der Waals surface area contributed by atoms with Crippen LogP contribution in [0.15, 0.2) is 18.2 Å². The van der Waals surface area contributed by atoms with Crippen molar-refractivity contribution >= 4 is 23.4 Å². The van der Waals surface area contributed by atoms with Crippen LogP contribution in [-0.4, -0.2) is 47.6 Å². The summed E-state index contributed by atoms with van der Waals surface area (Å²) in [6.45, 7) is 8.67. The van der Waals surface area contributed by atoms with Crippen LogP contribution in [0.3, 0.4) is 0 Å². The monoisotopic (exact) mass is 420 g/mol. The van der Waals surface area contributed by atoms with Crippen molar-refractivity contribution < 1.29 is 19.1 Å². The third-order valence-corrected chi connectivity index (χ3v) is 6.79. The SMILES string of the molecule is CC(=O)N[C@H](C)C(=O)N1CC[C@@H]2O[C@@H]3c4cc(Cl)ccc4OC(C)(C)[C@H]3C[C@@H]2C1. The summed E-state index contributed by atoms with van der Waals surface area (Å²) in [6.07, 6.45) is 1.78. The highest BCUT2D eigenvalue weighted by Crippen LogP contribution is 2.53. The number of carbonyl (C=O) groups is 2. The molecule has 0 saturated carbocycles. The Hall–Kier alpha value is -1.79. The molecular formula is C22H29ClN2O4. The fourth-order valence-electron chi connectivity index (χ4n) is 5.12. The minimum Gasteiger partial charge on any atom is -0.487 e. The van der Waals surface area contributed by atoms with Gasteiger partial charge >= 0.3 is 0 Å². The van der Waals surface area contributed by atoms with Crippen molar-refractivity contribution in [3.05, 3.63) is 28.8 Å². The molecule has 0 aliphatic carbocycles. The van der Waals surface area contributed by atoms with Crippen LogP contribution in [0.1, 0.15) is 52.2 Å². The molecule has 1 aromatic carbocycles. The predicted molar refractivity (Wildman–Crippen MR) is 110 cm³/mol. The van der Waals surface area contributed by atoms with E-state index in [2.05, 4.69) is 19.2 Å². The molecule has 1 N–H and O–H groups in total. The Labute approximate surface area is 176 Å². The largest absolute Gasteiger partial charge is 0.487 e. The van der Waals surface area contributed by atoms with Gasteiger partial charge in [0.15, 0.2) is 0 Å². The molecule has 3 aliphatic rings. The van der Waals surface area contributed by atoms with Crippen molar-refractivity contribution in [3.8, 4) is 5.75 Å². The van der Waals surface area contributed by atoms with Crippen LogP contribution >= 0.6 is 11.6 Å². The maximum Gasteiger partial charge on any atom is 0.244 e. The van der Waals surface area contributed by atoms with Crippen LogP contribution in [0, 0.1) is 11.8 Å². The maximum atomic E-state index is 12.8. The van der Waals surface area contributed by atoms with Gasteiger partial charge in [-0.2, -0.15) is 0 Å². The maximum absolute atomic E-state index is 12.8. The standard InChI is InChI=1S/C22H29ClN2O4/c1-12(24-13(2)26)21(27)25-8-7-18-14(11-25)9-17-20(28-18)16-10-15(23)5-6-19(16)29-22(17,3)4/h5-6,10,12,14,17-18,20H,7-9,11H2,1-4H3,(H,24,26)/t12-,14-,17+,18+,20-/m1/s1. The Kier molecular flexibility index (Phi) is 5.28. The molecule has 0 radical (unpaired) electrons. The first-order valence-corrected chi connectivity index (χ1v) is 10.7. The van der Waals surface area contributed by atoms with Gasteiger partial charge in [-0.3, -0.25) is 9.59 Å². The average molecular weight is 421 g/mol. The molecule has 0 unspecified atom stereocenters. The molecule has 2 saturated heterocycles. The Morgan fingerprint density at radius 1 is 1.34 bits per heavy atom. The van der Waals surface area contributed by atoms with E-state index in [0.717, 1.165) is 24.2 Å². The summed E-state index contributed by atoms with van der Waals surface area (Å²) in [5, 5.41) is 3.38. The number of fused-ring (bicyclic) bond motifs is 4. The highest BCUT2D eigenvalue weighted by atomic mass is 35.5. The van der Waals surface area contributed by atoms with Gasteiger partial charge in [0, 0.05) is 42.4 Å². The van der Waals surface area contributed by atoms with E-state index in [9.17, 15) is 9.59 Å². The minimum atomic E-state index is -0.509. The molecule has 7 heteroatoms. The number of nitrogens with one attached hydrogen (secondary N) is 1. The van der Waals surface area contributed by atoms with Crippen LogP contribution in [0.25, 0.3) is 0 Å².